The lowest BCUT2D eigenvalue weighted by Gasteiger charge is -2.36. The molecule has 1 aliphatic carbocycles. The summed E-state index contributed by atoms with van der Waals surface area (Å²) in [5.74, 6) is 0.0891. The molecule has 0 saturated heterocycles. The zero-order chi connectivity index (χ0) is 24.4. The molecule has 2 aromatic carbocycles. The Balaban J connectivity index is 1.76. The topological polar surface area (TPSA) is 67.9 Å². The maximum atomic E-state index is 13.6. The Morgan fingerprint density at radius 3 is 2.26 bits per heavy atom. The lowest BCUT2D eigenvalue weighted by Crippen LogP contribution is -2.36. The van der Waals surface area contributed by atoms with Crippen molar-refractivity contribution in [2.24, 2.45) is 0 Å². The number of methoxy groups -OCH3 is 1. The zero-order valence-electron chi connectivity index (χ0n) is 20.5. The van der Waals surface area contributed by atoms with E-state index in [-0.39, 0.29) is 24.3 Å². The summed E-state index contributed by atoms with van der Waals surface area (Å²) in [6, 6.07) is 15.9. The Bertz CT molecular complexity index is 1140. The lowest BCUT2D eigenvalue weighted by atomic mass is 9.71. The molecule has 1 N–H and O–H groups in total. The molecular formula is C28H32N2O4. The minimum absolute atomic E-state index is 0.0607. The van der Waals surface area contributed by atoms with E-state index >= 15 is 0 Å². The van der Waals surface area contributed by atoms with Crippen LogP contribution in [0.5, 0.6) is 5.75 Å². The van der Waals surface area contributed by atoms with Crippen molar-refractivity contribution in [3.8, 4) is 5.75 Å². The van der Waals surface area contributed by atoms with Gasteiger partial charge in [-0.1, -0.05) is 24.3 Å². The molecule has 0 amide bonds. The molecule has 0 spiro atoms. The average Bonchev–Trinajstić information content (AvgIpc) is 2.83. The smallest absolute Gasteiger partial charge is 0.336 e. The Hall–Kier alpha value is -3.54. The largest absolute Gasteiger partial charge is 0.497 e. The Morgan fingerprint density at radius 2 is 1.68 bits per heavy atom. The van der Waals surface area contributed by atoms with Crippen molar-refractivity contribution in [1.82, 2.24) is 5.32 Å². The van der Waals surface area contributed by atoms with E-state index < -0.39 is 5.92 Å². The fraction of sp³-hybridized carbons (Fsp3) is 0.357. The summed E-state index contributed by atoms with van der Waals surface area (Å²) >= 11 is 0. The van der Waals surface area contributed by atoms with Gasteiger partial charge in [0.05, 0.1) is 19.3 Å². The predicted octanol–water partition coefficient (Wildman–Crippen LogP) is 4.69. The molecule has 2 aromatic rings. The van der Waals surface area contributed by atoms with Crippen molar-refractivity contribution in [1.29, 1.82) is 0 Å². The molecule has 2 atom stereocenters. The zero-order valence-corrected chi connectivity index (χ0v) is 20.5. The number of carbonyl (C=O) groups excluding carboxylic acids is 2. The molecule has 6 nitrogen and oxygen atoms in total. The minimum Gasteiger partial charge on any atom is -0.497 e. The van der Waals surface area contributed by atoms with Crippen molar-refractivity contribution in [2.75, 3.05) is 32.7 Å². The second kappa shape index (κ2) is 9.75. The number of hydrogen-bond donors (Lipinski definition) is 1. The second-order valence-electron chi connectivity index (χ2n) is 9.00. The summed E-state index contributed by atoms with van der Waals surface area (Å²) in [5, 5.41) is 3.39. The van der Waals surface area contributed by atoms with E-state index in [9.17, 15) is 9.59 Å². The van der Waals surface area contributed by atoms with E-state index in [0.717, 1.165) is 34.0 Å². The number of hydrogen-bond acceptors (Lipinski definition) is 6. The van der Waals surface area contributed by atoms with Gasteiger partial charge in [0.25, 0.3) is 0 Å². The molecule has 0 bridgehead atoms. The van der Waals surface area contributed by atoms with E-state index in [0.29, 0.717) is 24.0 Å². The van der Waals surface area contributed by atoms with E-state index in [4.69, 9.17) is 9.47 Å². The van der Waals surface area contributed by atoms with E-state index in [2.05, 4.69) is 5.32 Å². The van der Waals surface area contributed by atoms with Crippen molar-refractivity contribution < 1.29 is 19.1 Å². The fourth-order valence-electron chi connectivity index (χ4n) is 4.93. The summed E-state index contributed by atoms with van der Waals surface area (Å²) < 4.78 is 10.7. The molecule has 1 heterocycles. The molecule has 4 rings (SSSR count). The number of esters is 1. The van der Waals surface area contributed by atoms with Crippen LogP contribution < -0.4 is 15.0 Å². The molecule has 2 unspecified atom stereocenters. The van der Waals surface area contributed by atoms with Crippen LogP contribution in [0.15, 0.2) is 71.1 Å². The van der Waals surface area contributed by atoms with Crippen molar-refractivity contribution in [3.63, 3.8) is 0 Å². The van der Waals surface area contributed by atoms with Gasteiger partial charge in [-0.05, 0) is 61.6 Å². The molecule has 178 valence electrons. The lowest BCUT2D eigenvalue weighted by molar-refractivity contribution is -0.138. The SMILES string of the molecule is CCOC(=O)C1=C(C)NC2=C(C(=O)CC(c3ccc(OC)cc3)C2)C1c1ccc(N(C)C)cc1. The first-order valence-electron chi connectivity index (χ1n) is 11.7. The average molecular weight is 461 g/mol. The third-order valence-corrected chi connectivity index (χ3v) is 6.65. The number of rotatable bonds is 6. The van der Waals surface area contributed by atoms with Gasteiger partial charge < -0.3 is 19.7 Å². The number of allylic oxidation sites excluding steroid dienone is 3. The Morgan fingerprint density at radius 1 is 1.03 bits per heavy atom. The molecule has 34 heavy (non-hydrogen) atoms. The van der Waals surface area contributed by atoms with Crippen LogP contribution in [0.3, 0.4) is 0 Å². The quantitative estimate of drug-likeness (QED) is 0.631. The third kappa shape index (κ3) is 4.45. The molecule has 0 radical (unpaired) electrons. The summed E-state index contributed by atoms with van der Waals surface area (Å²) in [5.41, 5.74) is 5.89. The molecule has 0 fully saturated rings. The van der Waals surface area contributed by atoms with Crippen LogP contribution in [-0.4, -0.2) is 39.6 Å². The number of nitrogens with zero attached hydrogens (tertiary/aromatic N) is 1. The van der Waals surface area contributed by atoms with Crippen molar-refractivity contribution >= 4 is 17.4 Å². The molecular weight excluding hydrogens is 428 g/mol. The van der Waals surface area contributed by atoms with Crippen LogP contribution in [0.4, 0.5) is 5.69 Å². The molecule has 1 aliphatic heterocycles. The predicted molar refractivity (Wildman–Crippen MR) is 133 cm³/mol. The first kappa shape index (κ1) is 23.6. The van der Waals surface area contributed by atoms with Gasteiger partial charge in [-0.3, -0.25) is 4.79 Å². The van der Waals surface area contributed by atoms with Crippen molar-refractivity contribution in [2.45, 2.75) is 38.5 Å². The van der Waals surface area contributed by atoms with E-state index in [1.807, 2.05) is 74.4 Å². The summed E-state index contributed by atoms with van der Waals surface area (Å²) in [6.45, 7) is 3.96. The third-order valence-electron chi connectivity index (χ3n) is 6.65. The van der Waals surface area contributed by atoms with Crippen LogP contribution in [0.2, 0.25) is 0 Å². The highest BCUT2D eigenvalue weighted by Gasteiger charge is 2.41. The highest BCUT2D eigenvalue weighted by atomic mass is 16.5. The maximum Gasteiger partial charge on any atom is 0.336 e. The van der Waals surface area contributed by atoms with Gasteiger partial charge in [0.1, 0.15) is 5.75 Å². The van der Waals surface area contributed by atoms with Crippen LogP contribution in [0, 0.1) is 0 Å². The number of ether oxygens (including phenoxy) is 2. The number of benzene rings is 2. The van der Waals surface area contributed by atoms with Crippen LogP contribution in [0.25, 0.3) is 0 Å². The highest BCUT2D eigenvalue weighted by molar-refractivity contribution is 6.04. The van der Waals surface area contributed by atoms with E-state index in [1.165, 1.54) is 0 Å². The minimum atomic E-state index is -0.448. The number of ketones is 1. The monoisotopic (exact) mass is 460 g/mol. The summed E-state index contributed by atoms with van der Waals surface area (Å²) in [7, 11) is 5.61. The van der Waals surface area contributed by atoms with Gasteiger partial charge in [0.15, 0.2) is 5.78 Å². The molecule has 0 aromatic heterocycles. The molecule has 0 saturated carbocycles. The van der Waals surface area contributed by atoms with Gasteiger partial charge in [-0.2, -0.15) is 0 Å². The van der Waals surface area contributed by atoms with Crippen LogP contribution in [0.1, 0.15) is 49.7 Å². The van der Waals surface area contributed by atoms with Gasteiger partial charge in [0, 0.05) is 49.1 Å². The first-order chi connectivity index (χ1) is 16.3. The molecule has 2 aliphatic rings. The van der Waals surface area contributed by atoms with Crippen LogP contribution in [-0.2, 0) is 14.3 Å². The summed E-state index contributed by atoms with van der Waals surface area (Å²) in [4.78, 5) is 28.7. The Labute approximate surface area is 201 Å². The van der Waals surface area contributed by atoms with Gasteiger partial charge in [-0.25, -0.2) is 4.79 Å². The number of dihydropyridines is 1. The Kier molecular flexibility index (Phi) is 6.77. The van der Waals surface area contributed by atoms with Gasteiger partial charge >= 0.3 is 5.97 Å². The highest BCUT2D eigenvalue weighted by Crippen LogP contribution is 2.46. The first-order valence-corrected chi connectivity index (χ1v) is 11.7. The van der Waals surface area contributed by atoms with Crippen molar-refractivity contribution in [3.05, 3.63) is 82.2 Å². The number of nitrogens with one attached hydrogen (secondary N) is 1. The second-order valence-corrected chi connectivity index (χ2v) is 9.00. The standard InChI is InChI=1S/C28H32N2O4/c1-6-34-28(32)25-17(2)29-23-15-20(18-9-13-22(33-5)14-10-18)16-24(31)27(23)26(25)19-7-11-21(12-8-19)30(3)4/h7-14,20,26,29H,6,15-16H2,1-5H3. The molecule has 6 heteroatoms. The number of carbonyl (C=O) groups is 2. The van der Waals surface area contributed by atoms with E-state index in [1.54, 1.807) is 14.0 Å². The number of Topliss-reactive ketones (excluding diaryl/α,β-unsaturated/α-hetero) is 1. The fourth-order valence-corrected chi connectivity index (χ4v) is 4.93. The number of anilines is 1. The van der Waals surface area contributed by atoms with Gasteiger partial charge in [0.2, 0.25) is 0 Å². The summed E-state index contributed by atoms with van der Waals surface area (Å²) in [6.07, 6.45) is 1.10. The van der Waals surface area contributed by atoms with Gasteiger partial charge in [-0.15, -0.1) is 0 Å². The maximum absolute atomic E-state index is 13.6. The van der Waals surface area contributed by atoms with Crippen LogP contribution >= 0.6 is 0 Å². The normalized spacial score (nSPS) is 20.0.